The average Bonchev–Trinajstić information content (AvgIpc) is 2.35. The predicted molar refractivity (Wildman–Crippen MR) is 64.7 cm³/mol. The van der Waals surface area contributed by atoms with Crippen LogP contribution in [-0.4, -0.2) is 24.8 Å². The number of hydrogen-bond acceptors (Lipinski definition) is 3. The van der Waals surface area contributed by atoms with E-state index in [1.807, 2.05) is 37.3 Å². The molecule has 0 radical (unpaired) electrons. The fourth-order valence-electron chi connectivity index (χ4n) is 1.28. The number of methoxy groups -OCH3 is 1. The topological polar surface area (TPSA) is 38.7 Å². The van der Waals surface area contributed by atoms with Gasteiger partial charge >= 0.3 is 5.97 Å². The molecule has 1 rings (SSSR count). The van der Waals surface area contributed by atoms with Crippen LogP contribution in [0.15, 0.2) is 48.0 Å². The second-order valence-electron chi connectivity index (χ2n) is 3.28. The fourth-order valence-corrected chi connectivity index (χ4v) is 1.28. The van der Waals surface area contributed by atoms with Crippen molar-refractivity contribution in [2.24, 2.45) is 4.99 Å². The maximum atomic E-state index is 11.3. The molecule has 84 valence electrons. The summed E-state index contributed by atoms with van der Waals surface area (Å²) in [5.41, 5.74) is 1.77. The molecule has 0 saturated heterocycles. The Morgan fingerprint density at radius 3 is 2.56 bits per heavy atom. The molecule has 1 atom stereocenters. The first kappa shape index (κ1) is 12.2. The summed E-state index contributed by atoms with van der Waals surface area (Å²) in [7, 11) is 1.34. The van der Waals surface area contributed by atoms with Gasteiger partial charge in [0.2, 0.25) is 0 Å². The maximum absolute atomic E-state index is 11.3. The highest BCUT2D eigenvalue weighted by atomic mass is 16.5. The first-order chi connectivity index (χ1) is 7.69. The van der Waals surface area contributed by atoms with E-state index < -0.39 is 12.0 Å². The molecule has 0 N–H and O–H groups in total. The molecule has 16 heavy (non-hydrogen) atoms. The van der Waals surface area contributed by atoms with Gasteiger partial charge in [-0.2, -0.15) is 0 Å². The zero-order valence-electron chi connectivity index (χ0n) is 9.51. The minimum atomic E-state index is -0.634. The lowest BCUT2D eigenvalue weighted by atomic mass is 10.1. The van der Waals surface area contributed by atoms with E-state index in [0.29, 0.717) is 0 Å². The van der Waals surface area contributed by atoms with Crippen LogP contribution in [0.1, 0.15) is 12.5 Å². The molecule has 0 saturated carbocycles. The average molecular weight is 217 g/mol. The van der Waals surface area contributed by atoms with Gasteiger partial charge in [-0.1, -0.05) is 36.4 Å². The third-order valence-electron chi connectivity index (χ3n) is 2.19. The van der Waals surface area contributed by atoms with E-state index in [0.717, 1.165) is 11.3 Å². The molecule has 0 aliphatic carbocycles. The van der Waals surface area contributed by atoms with E-state index in [-0.39, 0.29) is 0 Å². The van der Waals surface area contributed by atoms with Crippen molar-refractivity contribution >= 4 is 11.7 Å². The molecule has 0 aromatic heterocycles. The number of benzene rings is 1. The SMILES string of the molecule is C=CC(N=C(C)c1ccccc1)C(=O)OC. The summed E-state index contributed by atoms with van der Waals surface area (Å²) in [6.07, 6.45) is 1.47. The molecule has 3 heteroatoms. The summed E-state index contributed by atoms with van der Waals surface area (Å²) in [4.78, 5) is 15.6. The van der Waals surface area contributed by atoms with Gasteiger partial charge in [-0.05, 0) is 12.5 Å². The normalized spacial score (nSPS) is 13.0. The smallest absolute Gasteiger partial charge is 0.334 e. The van der Waals surface area contributed by atoms with Crippen molar-refractivity contribution in [2.75, 3.05) is 7.11 Å². The highest BCUT2D eigenvalue weighted by molar-refractivity contribution is 6.00. The summed E-state index contributed by atoms with van der Waals surface area (Å²) in [6.45, 7) is 5.42. The molecule has 1 aromatic rings. The van der Waals surface area contributed by atoms with E-state index in [2.05, 4.69) is 16.3 Å². The second kappa shape index (κ2) is 5.85. The Labute approximate surface area is 95.5 Å². The molecule has 0 heterocycles. The van der Waals surface area contributed by atoms with Crippen LogP contribution in [0.4, 0.5) is 0 Å². The van der Waals surface area contributed by atoms with Crippen LogP contribution in [0.25, 0.3) is 0 Å². The third-order valence-corrected chi connectivity index (χ3v) is 2.19. The van der Waals surface area contributed by atoms with Crippen LogP contribution in [0.2, 0.25) is 0 Å². The zero-order chi connectivity index (χ0) is 12.0. The Kier molecular flexibility index (Phi) is 4.45. The van der Waals surface area contributed by atoms with Crippen molar-refractivity contribution in [3.63, 3.8) is 0 Å². The molecule has 1 aromatic carbocycles. The van der Waals surface area contributed by atoms with Crippen LogP contribution < -0.4 is 0 Å². The number of hydrogen-bond donors (Lipinski definition) is 0. The summed E-state index contributed by atoms with van der Waals surface area (Å²) in [5.74, 6) is -0.398. The van der Waals surface area contributed by atoms with Crippen LogP contribution in [-0.2, 0) is 9.53 Å². The van der Waals surface area contributed by atoms with Crippen molar-refractivity contribution in [1.82, 2.24) is 0 Å². The quantitative estimate of drug-likeness (QED) is 0.440. The summed E-state index contributed by atoms with van der Waals surface area (Å²) in [6, 6.07) is 9.03. The molecule has 0 aliphatic heterocycles. The van der Waals surface area contributed by atoms with Crippen molar-refractivity contribution < 1.29 is 9.53 Å². The Balaban J connectivity index is 2.91. The van der Waals surface area contributed by atoms with Gasteiger partial charge in [0.05, 0.1) is 7.11 Å². The van der Waals surface area contributed by atoms with Gasteiger partial charge in [0.1, 0.15) is 0 Å². The second-order valence-corrected chi connectivity index (χ2v) is 3.28. The van der Waals surface area contributed by atoms with E-state index in [9.17, 15) is 4.79 Å². The van der Waals surface area contributed by atoms with Crippen molar-refractivity contribution in [3.8, 4) is 0 Å². The minimum absolute atomic E-state index is 0.398. The molecular formula is C13H15NO2. The highest BCUT2D eigenvalue weighted by Crippen LogP contribution is 2.04. The number of carbonyl (C=O) groups excluding carboxylic acids is 1. The molecule has 0 spiro atoms. The summed E-state index contributed by atoms with van der Waals surface area (Å²) >= 11 is 0. The molecule has 0 bridgehead atoms. The van der Waals surface area contributed by atoms with Gasteiger partial charge in [-0.3, -0.25) is 4.99 Å². The highest BCUT2D eigenvalue weighted by Gasteiger charge is 2.13. The molecule has 3 nitrogen and oxygen atoms in total. The van der Waals surface area contributed by atoms with Crippen LogP contribution in [0, 0.1) is 0 Å². The van der Waals surface area contributed by atoms with Gasteiger partial charge in [0.25, 0.3) is 0 Å². The fraction of sp³-hybridized carbons (Fsp3) is 0.231. The largest absolute Gasteiger partial charge is 0.467 e. The van der Waals surface area contributed by atoms with Gasteiger partial charge in [0.15, 0.2) is 6.04 Å². The molecule has 0 fully saturated rings. The van der Waals surface area contributed by atoms with Crippen LogP contribution in [0.5, 0.6) is 0 Å². The Morgan fingerprint density at radius 2 is 2.06 bits per heavy atom. The summed E-state index contributed by atoms with van der Waals surface area (Å²) < 4.78 is 4.62. The zero-order valence-corrected chi connectivity index (χ0v) is 9.51. The van der Waals surface area contributed by atoms with Crippen molar-refractivity contribution in [2.45, 2.75) is 13.0 Å². The van der Waals surface area contributed by atoms with Crippen LogP contribution >= 0.6 is 0 Å². The molecular weight excluding hydrogens is 202 g/mol. The number of ether oxygens (including phenoxy) is 1. The lowest BCUT2D eigenvalue weighted by Crippen LogP contribution is -2.19. The van der Waals surface area contributed by atoms with E-state index in [1.165, 1.54) is 13.2 Å². The molecule has 0 amide bonds. The van der Waals surface area contributed by atoms with Gasteiger partial charge in [-0.15, -0.1) is 6.58 Å². The lowest BCUT2D eigenvalue weighted by molar-refractivity contribution is -0.140. The number of esters is 1. The monoisotopic (exact) mass is 217 g/mol. The van der Waals surface area contributed by atoms with E-state index in [4.69, 9.17) is 0 Å². The van der Waals surface area contributed by atoms with E-state index >= 15 is 0 Å². The molecule has 1 unspecified atom stereocenters. The number of aliphatic imine (C=N–C) groups is 1. The van der Waals surface area contributed by atoms with E-state index in [1.54, 1.807) is 0 Å². The van der Waals surface area contributed by atoms with Crippen molar-refractivity contribution in [1.29, 1.82) is 0 Å². The standard InChI is InChI=1S/C13H15NO2/c1-4-12(13(15)16-3)14-10(2)11-8-6-5-7-9-11/h4-9,12H,1H2,2-3H3. The summed E-state index contributed by atoms with van der Waals surface area (Å²) in [5, 5.41) is 0. The lowest BCUT2D eigenvalue weighted by Gasteiger charge is -2.07. The number of carbonyl (C=O) groups is 1. The molecule has 0 aliphatic rings. The number of nitrogens with zero attached hydrogens (tertiary/aromatic N) is 1. The Morgan fingerprint density at radius 1 is 1.44 bits per heavy atom. The maximum Gasteiger partial charge on any atom is 0.334 e. The predicted octanol–water partition coefficient (Wildman–Crippen LogP) is 2.22. The van der Waals surface area contributed by atoms with Gasteiger partial charge in [-0.25, -0.2) is 4.79 Å². The Bertz CT molecular complexity index is 396. The van der Waals surface area contributed by atoms with Crippen molar-refractivity contribution in [3.05, 3.63) is 48.6 Å². The first-order valence-corrected chi connectivity index (χ1v) is 4.99. The minimum Gasteiger partial charge on any atom is -0.467 e. The van der Waals surface area contributed by atoms with Crippen LogP contribution in [0.3, 0.4) is 0 Å². The third kappa shape index (κ3) is 3.05. The number of rotatable bonds is 4. The Hall–Kier alpha value is -1.90. The van der Waals surface area contributed by atoms with Gasteiger partial charge in [0, 0.05) is 5.71 Å². The first-order valence-electron chi connectivity index (χ1n) is 4.99. The van der Waals surface area contributed by atoms with Gasteiger partial charge < -0.3 is 4.74 Å².